The van der Waals surface area contributed by atoms with Crippen molar-refractivity contribution in [3.8, 4) is 17.2 Å². The van der Waals surface area contributed by atoms with Crippen LogP contribution in [0.4, 0.5) is 10.5 Å². The molecule has 0 saturated carbocycles. The SMILES string of the molecule is CCOc1cc(NC(=O)COc2cccc([C@@H](NC(=O)O)c3ccccc3)c2)ccc1CNC[C@H](O)c1ccc(O)c2[nH]c(=O)ccc12. The Kier molecular flexibility index (Phi) is 10.9. The van der Waals surface area contributed by atoms with Crippen LogP contribution in [0, 0.1) is 0 Å². The van der Waals surface area contributed by atoms with Crippen molar-refractivity contribution in [3.05, 3.63) is 130 Å². The van der Waals surface area contributed by atoms with Gasteiger partial charge >= 0.3 is 6.09 Å². The standard InChI is InChI=1S/C36H36N4O8/c1-2-47-31-18-25(12-11-24(31)19-37-20-30(42)27-13-15-29(41)35-28(27)14-16-32(43)39-35)38-33(44)21-48-26-10-6-9-23(17-26)34(40-36(45)46)22-7-4-3-5-8-22/h3-18,30,34,37,40-42H,2,19-21H2,1H3,(H,38,44)(H,39,43)(H,45,46)/t30-,34-/m0/s1. The number of nitrogens with one attached hydrogen (secondary N) is 4. The van der Waals surface area contributed by atoms with Crippen LogP contribution in [-0.4, -0.2) is 52.1 Å². The fourth-order valence-electron chi connectivity index (χ4n) is 5.33. The first-order valence-corrected chi connectivity index (χ1v) is 15.3. The molecule has 4 aromatic carbocycles. The number of fused-ring (bicyclic) bond motifs is 1. The first kappa shape index (κ1) is 33.5. The third-order valence-electron chi connectivity index (χ3n) is 7.53. The van der Waals surface area contributed by atoms with Crippen molar-refractivity contribution >= 4 is 28.6 Å². The number of benzene rings is 4. The van der Waals surface area contributed by atoms with Gasteiger partial charge in [0.15, 0.2) is 6.61 Å². The molecule has 5 rings (SSSR count). The number of aliphatic hydroxyl groups excluding tert-OH is 1. The third-order valence-corrected chi connectivity index (χ3v) is 7.53. The van der Waals surface area contributed by atoms with Crippen LogP contribution < -0.4 is 31.0 Å². The van der Waals surface area contributed by atoms with Crippen molar-refractivity contribution in [1.29, 1.82) is 0 Å². The number of phenols is 1. The lowest BCUT2D eigenvalue weighted by molar-refractivity contribution is -0.118. The monoisotopic (exact) mass is 652 g/mol. The molecular weight excluding hydrogens is 616 g/mol. The number of ether oxygens (including phenoxy) is 2. The molecule has 1 heterocycles. The topological polar surface area (TPSA) is 182 Å². The molecule has 12 heteroatoms. The van der Waals surface area contributed by atoms with E-state index in [0.29, 0.717) is 46.9 Å². The summed E-state index contributed by atoms with van der Waals surface area (Å²) in [6.45, 7) is 2.50. The molecule has 0 fully saturated rings. The number of hydrogen-bond donors (Lipinski definition) is 7. The van der Waals surface area contributed by atoms with Crippen molar-refractivity contribution in [2.45, 2.75) is 25.6 Å². The number of hydrogen-bond acceptors (Lipinski definition) is 8. The summed E-state index contributed by atoms with van der Waals surface area (Å²) < 4.78 is 11.6. The molecule has 48 heavy (non-hydrogen) atoms. The fraction of sp³-hybridized carbons (Fsp3) is 0.194. The highest BCUT2D eigenvalue weighted by molar-refractivity contribution is 5.92. The summed E-state index contributed by atoms with van der Waals surface area (Å²) in [4.78, 5) is 38.6. The van der Waals surface area contributed by atoms with Crippen LogP contribution >= 0.6 is 0 Å². The summed E-state index contributed by atoms with van der Waals surface area (Å²) >= 11 is 0. The Morgan fingerprint density at radius 1 is 0.896 bits per heavy atom. The van der Waals surface area contributed by atoms with Crippen LogP contribution in [0.2, 0.25) is 0 Å². The minimum atomic E-state index is -1.16. The Morgan fingerprint density at radius 3 is 2.46 bits per heavy atom. The number of carbonyl (C=O) groups excluding carboxylic acids is 1. The Morgan fingerprint density at radius 2 is 1.69 bits per heavy atom. The molecule has 0 bridgehead atoms. The van der Waals surface area contributed by atoms with Gasteiger partial charge < -0.3 is 45.7 Å². The normalized spacial score (nSPS) is 12.2. The minimum absolute atomic E-state index is 0.0802. The molecule has 5 aromatic rings. The molecule has 12 nitrogen and oxygen atoms in total. The van der Waals surface area contributed by atoms with Crippen molar-refractivity contribution < 1.29 is 34.4 Å². The second kappa shape index (κ2) is 15.6. The summed E-state index contributed by atoms with van der Waals surface area (Å²) in [5, 5.41) is 39.5. The molecular formula is C36H36N4O8. The second-order valence-corrected chi connectivity index (χ2v) is 10.9. The number of aromatic nitrogens is 1. The molecule has 0 unspecified atom stereocenters. The predicted molar refractivity (Wildman–Crippen MR) is 181 cm³/mol. The zero-order valence-electron chi connectivity index (χ0n) is 26.1. The Balaban J connectivity index is 1.18. The summed E-state index contributed by atoms with van der Waals surface area (Å²) in [6.07, 6.45) is -2.09. The van der Waals surface area contributed by atoms with E-state index in [1.807, 2.05) is 43.3 Å². The highest BCUT2D eigenvalue weighted by Gasteiger charge is 2.18. The zero-order chi connectivity index (χ0) is 34.0. The van der Waals surface area contributed by atoms with Gasteiger partial charge in [0.2, 0.25) is 5.56 Å². The molecule has 0 aliphatic rings. The molecule has 2 atom stereocenters. The van der Waals surface area contributed by atoms with E-state index in [-0.39, 0.29) is 30.0 Å². The van der Waals surface area contributed by atoms with Crippen LogP contribution in [0.1, 0.15) is 41.3 Å². The highest BCUT2D eigenvalue weighted by atomic mass is 16.5. The quantitative estimate of drug-likeness (QED) is 0.0884. The van der Waals surface area contributed by atoms with Gasteiger partial charge in [0, 0.05) is 41.9 Å². The van der Waals surface area contributed by atoms with Crippen LogP contribution in [-0.2, 0) is 11.3 Å². The zero-order valence-corrected chi connectivity index (χ0v) is 26.1. The molecule has 0 aliphatic carbocycles. The number of H-pyrrole nitrogens is 1. The van der Waals surface area contributed by atoms with E-state index in [2.05, 4.69) is 20.9 Å². The molecule has 7 N–H and O–H groups in total. The van der Waals surface area contributed by atoms with E-state index in [9.17, 15) is 29.7 Å². The lowest BCUT2D eigenvalue weighted by Crippen LogP contribution is -2.27. The van der Waals surface area contributed by atoms with Crippen molar-refractivity contribution in [2.75, 3.05) is 25.1 Å². The summed E-state index contributed by atoms with van der Waals surface area (Å²) in [5.74, 6) is 0.477. The average molecular weight is 653 g/mol. The predicted octanol–water partition coefficient (Wildman–Crippen LogP) is 4.83. The maximum Gasteiger partial charge on any atom is 0.405 e. The van der Waals surface area contributed by atoms with E-state index in [0.717, 1.165) is 11.1 Å². The molecule has 0 spiro atoms. The number of anilines is 1. The van der Waals surface area contributed by atoms with Crippen molar-refractivity contribution in [1.82, 2.24) is 15.6 Å². The highest BCUT2D eigenvalue weighted by Crippen LogP contribution is 2.29. The molecule has 0 saturated heterocycles. The maximum absolute atomic E-state index is 12.8. The van der Waals surface area contributed by atoms with Gasteiger partial charge in [0.25, 0.3) is 5.91 Å². The molecule has 0 aliphatic heterocycles. The van der Waals surface area contributed by atoms with E-state index < -0.39 is 24.1 Å². The number of pyridine rings is 1. The van der Waals surface area contributed by atoms with Gasteiger partial charge in [-0.15, -0.1) is 0 Å². The maximum atomic E-state index is 12.8. The lowest BCUT2D eigenvalue weighted by Gasteiger charge is -2.19. The van der Waals surface area contributed by atoms with E-state index in [4.69, 9.17) is 9.47 Å². The van der Waals surface area contributed by atoms with Crippen molar-refractivity contribution in [2.24, 2.45) is 0 Å². The first-order chi connectivity index (χ1) is 23.2. The van der Waals surface area contributed by atoms with Crippen LogP contribution in [0.5, 0.6) is 17.2 Å². The number of phenolic OH excluding ortho intramolecular Hbond substituents is 1. The first-order valence-electron chi connectivity index (χ1n) is 15.3. The van der Waals surface area contributed by atoms with Gasteiger partial charge in [-0.2, -0.15) is 0 Å². The van der Waals surface area contributed by atoms with Gasteiger partial charge in [-0.05, 0) is 53.9 Å². The Labute approximate surface area is 276 Å². The Bertz CT molecular complexity index is 1950. The lowest BCUT2D eigenvalue weighted by atomic mass is 9.99. The number of rotatable bonds is 14. The number of amides is 2. The van der Waals surface area contributed by atoms with E-state index in [1.54, 1.807) is 48.5 Å². The van der Waals surface area contributed by atoms with Gasteiger partial charge in [0.1, 0.15) is 17.2 Å². The van der Waals surface area contributed by atoms with Crippen LogP contribution in [0.15, 0.2) is 102 Å². The number of carbonyl (C=O) groups is 2. The van der Waals surface area contributed by atoms with Crippen molar-refractivity contribution in [3.63, 3.8) is 0 Å². The minimum Gasteiger partial charge on any atom is -0.506 e. The van der Waals surface area contributed by atoms with E-state index >= 15 is 0 Å². The van der Waals surface area contributed by atoms with Crippen LogP contribution in [0.25, 0.3) is 10.9 Å². The van der Waals surface area contributed by atoms with E-state index in [1.165, 1.54) is 12.1 Å². The van der Waals surface area contributed by atoms with Crippen LogP contribution in [0.3, 0.4) is 0 Å². The smallest absolute Gasteiger partial charge is 0.405 e. The summed E-state index contributed by atoms with van der Waals surface area (Å²) in [5.41, 5.74) is 3.19. The Hall–Kier alpha value is -5.85. The number of carboxylic acid groups (broad SMARTS) is 1. The summed E-state index contributed by atoms with van der Waals surface area (Å²) in [6, 6.07) is 26.6. The van der Waals surface area contributed by atoms with Gasteiger partial charge in [-0.3, -0.25) is 9.59 Å². The summed E-state index contributed by atoms with van der Waals surface area (Å²) in [7, 11) is 0. The molecule has 2 amide bonds. The van der Waals surface area contributed by atoms with Gasteiger partial charge in [-0.1, -0.05) is 54.6 Å². The molecule has 0 radical (unpaired) electrons. The molecule has 248 valence electrons. The van der Waals surface area contributed by atoms with Gasteiger partial charge in [-0.25, -0.2) is 4.79 Å². The van der Waals surface area contributed by atoms with Gasteiger partial charge in [0.05, 0.1) is 24.3 Å². The third kappa shape index (κ3) is 8.49. The second-order valence-electron chi connectivity index (χ2n) is 10.9. The average Bonchev–Trinajstić information content (AvgIpc) is 3.08. The fourth-order valence-corrected chi connectivity index (χ4v) is 5.33. The number of aromatic amines is 1. The number of aliphatic hydroxyl groups is 1. The number of aromatic hydroxyl groups is 1. The molecule has 1 aromatic heterocycles. The largest absolute Gasteiger partial charge is 0.506 e.